The minimum absolute atomic E-state index is 0.0771. The number of nitrogens with zero attached hydrogens (tertiary/aromatic N) is 4. The first kappa shape index (κ1) is 18.1. The Hall–Kier alpha value is -1.69. The number of imidazole rings is 1. The molecule has 0 aliphatic carbocycles. The number of piperidine rings is 1. The van der Waals surface area contributed by atoms with Crippen LogP contribution < -0.4 is 0 Å². The van der Waals surface area contributed by atoms with Gasteiger partial charge < -0.3 is 9.47 Å². The van der Waals surface area contributed by atoms with Crippen molar-refractivity contribution in [1.29, 1.82) is 0 Å². The molecule has 1 amide bonds. The summed E-state index contributed by atoms with van der Waals surface area (Å²) in [4.78, 5) is 24.0. The van der Waals surface area contributed by atoms with Gasteiger partial charge in [-0.25, -0.2) is 9.97 Å². The fourth-order valence-corrected chi connectivity index (χ4v) is 4.30. The molecule has 1 atom stereocenters. The Bertz CT molecular complexity index is 706. The summed E-state index contributed by atoms with van der Waals surface area (Å²) in [5.41, 5.74) is 1.01. The summed E-state index contributed by atoms with van der Waals surface area (Å²) in [6.07, 6.45) is 8.43. The third-order valence-electron chi connectivity index (χ3n) is 4.87. The molecule has 1 saturated heterocycles. The van der Waals surface area contributed by atoms with Gasteiger partial charge in [0.05, 0.1) is 5.69 Å². The van der Waals surface area contributed by atoms with E-state index >= 15 is 0 Å². The Kier molecular flexibility index (Phi) is 5.89. The fourth-order valence-electron chi connectivity index (χ4n) is 3.36. The maximum atomic E-state index is 12.9. The number of unbranched alkanes of at least 4 members (excludes halogenated alkanes) is 1. The Morgan fingerprint density at radius 3 is 3.00 bits per heavy atom. The van der Waals surface area contributed by atoms with E-state index in [0.29, 0.717) is 16.8 Å². The number of aromatic nitrogens is 3. The van der Waals surface area contributed by atoms with Crippen molar-refractivity contribution in [1.82, 2.24) is 19.4 Å². The molecule has 25 heavy (non-hydrogen) atoms. The van der Waals surface area contributed by atoms with Crippen LogP contribution >= 0.6 is 11.3 Å². The summed E-state index contributed by atoms with van der Waals surface area (Å²) in [7, 11) is 0. The maximum absolute atomic E-state index is 12.9. The van der Waals surface area contributed by atoms with Gasteiger partial charge in [0.1, 0.15) is 5.82 Å². The molecule has 2 aromatic heterocycles. The van der Waals surface area contributed by atoms with Gasteiger partial charge in [-0.1, -0.05) is 27.2 Å². The normalized spacial score (nSPS) is 18.1. The SMILES string of the molecule is CCCCn1ccnc1C1CCCN(C(=O)c2nc(C(C)C)cs2)C1. The number of rotatable bonds is 6. The third kappa shape index (κ3) is 4.11. The molecule has 6 heteroatoms. The van der Waals surface area contributed by atoms with Crippen LogP contribution in [0.4, 0.5) is 0 Å². The summed E-state index contributed by atoms with van der Waals surface area (Å²) >= 11 is 1.47. The van der Waals surface area contributed by atoms with E-state index < -0.39 is 0 Å². The first-order valence-corrected chi connectivity index (χ1v) is 10.2. The van der Waals surface area contributed by atoms with Crippen LogP contribution in [0.1, 0.15) is 79.6 Å². The number of hydrogen-bond donors (Lipinski definition) is 0. The van der Waals surface area contributed by atoms with E-state index in [2.05, 4.69) is 41.5 Å². The van der Waals surface area contributed by atoms with Crippen molar-refractivity contribution in [2.24, 2.45) is 0 Å². The molecular weight excluding hydrogens is 332 g/mol. The van der Waals surface area contributed by atoms with Crippen molar-refractivity contribution in [3.05, 3.63) is 34.3 Å². The van der Waals surface area contributed by atoms with Gasteiger partial charge in [0.2, 0.25) is 0 Å². The molecule has 1 unspecified atom stereocenters. The highest BCUT2D eigenvalue weighted by atomic mass is 32.1. The standard InChI is InChI=1S/C19H28N4OS/c1-4-5-9-22-11-8-20-17(22)15-7-6-10-23(12-15)19(24)18-21-16(13-25-18)14(2)3/h8,11,13-15H,4-7,9-10,12H2,1-3H3. The molecule has 0 saturated carbocycles. The quantitative estimate of drug-likeness (QED) is 0.772. The van der Waals surface area contributed by atoms with Crippen molar-refractivity contribution < 1.29 is 4.79 Å². The molecule has 1 aliphatic heterocycles. The first-order chi connectivity index (χ1) is 12.1. The highest BCUT2D eigenvalue weighted by molar-refractivity contribution is 7.11. The molecule has 0 radical (unpaired) electrons. The number of carbonyl (C=O) groups is 1. The molecule has 2 aromatic rings. The van der Waals surface area contributed by atoms with Gasteiger partial charge in [-0.05, 0) is 25.2 Å². The summed E-state index contributed by atoms with van der Waals surface area (Å²) < 4.78 is 2.27. The number of likely N-dealkylation sites (tertiary alicyclic amines) is 1. The highest BCUT2D eigenvalue weighted by Gasteiger charge is 2.29. The van der Waals surface area contributed by atoms with Gasteiger partial charge in [0.25, 0.3) is 5.91 Å². The van der Waals surface area contributed by atoms with Gasteiger partial charge in [0.15, 0.2) is 5.01 Å². The second kappa shape index (κ2) is 8.13. The molecule has 5 nitrogen and oxygen atoms in total. The summed E-state index contributed by atoms with van der Waals surface area (Å²) in [6, 6.07) is 0. The van der Waals surface area contributed by atoms with E-state index in [1.165, 1.54) is 17.8 Å². The van der Waals surface area contributed by atoms with Crippen LogP contribution in [0.3, 0.4) is 0 Å². The Morgan fingerprint density at radius 1 is 1.44 bits per heavy atom. The molecule has 0 aromatic carbocycles. The van der Waals surface area contributed by atoms with Crippen LogP contribution in [-0.2, 0) is 6.54 Å². The lowest BCUT2D eigenvalue weighted by Crippen LogP contribution is -2.39. The second-order valence-corrected chi connectivity index (χ2v) is 8.01. The second-order valence-electron chi connectivity index (χ2n) is 7.15. The number of carbonyl (C=O) groups excluding carboxylic acids is 1. The van der Waals surface area contributed by atoms with Crippen molar-refractivity contribution in [3.63, 3.8) is 0 Å². The number of aryl methyl sites for hydroxylation is 1. The van der Waals surface area contributed by atoms with Crippen molar-refractivity contribution in [2.45, 2.75) is 64.8 Å². The van der Waals surface area contributed by atoms with Crippen molar-refractivity contribution in [2.75, 3.05) is 13.1 Å². The molecular formula is C19H28N4OS. The Labute approximate surface area is 154 Å². The van der Waals surface area contributed by atoms with Gasteiger partial charge in [-0.15, -0.1) is 11.3 Å². The molecule has 1 fully saturated rings. The lowest BCUT2D eigenvalue weighted by Gasteiger charge is -2.32. The molecule has 1 aliphatic rings. The van der Waals surface area contributed by atoms with Crippen molar-refractivity contribution >= 4 is 17.2 Å². The van der Waals surface area contributed by atoms with Crippen LogP contribution in [-0.4, -0.2) is 38.4 Å². The van der Waals surface area contributed by atoms with E-state index in [-0.39, 0.29) is 5.91 Å². The molecule has 0 N–H and O–H groups in total. The van der Waals surface area contributed by atoms with Crippen LogP contribution in [0, 0.1) is 0 Å². The Balaban J connectivity index is 1.70. The molecule has 136 valence electrons. The number of amides is 1. The van der Waals surface area contributed by atoms with Gasteiger partial charge in [-0.3, -0.25) is 4.79 Å². The average Bonchev–Trinajstić information content (AvgIpc) is 3.28. The predicted octanol–water partition coefficient (Wildman–Crippen LogP) is 4.28. The van der Waals surface area contributed by atoms with Crippen LogP contribution in [0.5, 0.6) is 0 Å². The van der Waals surface area contributed by atoms with Gasteiger partial charge in [0, 0.05) is 43.3 Å². The van der Waals surface area contributed by atoms with Crippen LogP contribution in [0.2, 0.25) is 0 Å². The van der Waals surface area contributed by atoms with E-state index in [0.717, 1.165) is 50.4 Å². The monoisotopic (exact) mass is 360 g/mol. The minimum atomic E-state index is 0.0771. The number of thiazole rings is 1. The molecule has 3 heterocycles. The van der Waals surface area contributed by atoms with E-state index in [1.807, 2.05) is 16.5 Å². The summed E-state index contributed by atoms with van der Waals surface area (Å²) in [6.45, 7) is 9.00. The zero-order valence-corrected chi connectivity index (χ0v) is 16.3. The minimum Gasteiger partial charge on any atom is -0.336 e. The Morgan fingerprint density at radius 2 is 2.28 bits per heavy atom. The summed E-state index contributed by atoms with van der Waals surface area (Å²) in [5.74, 6) is 1.90. The highest BCUT2D eigenvalue weighted by Crippen LogP contribution is 2.28. The zero-order valence-electron chi connectivity index (χ0n) is 15.4. The molecule has 0 spiro atoms. The smallest absolute Gasteiger partial charge is 0.282 e. The maximum Gasteiger partial charge on any atom is 0.282 e. The first-order valence-electron chi connectivity index (χ1n) is 9.35. The van der Waals surface area contributed by atoms with Gasteiger partial charge in [-0.2, -0.15) is 0 Å². The van der Waals surface area contributed by atoms with E-state index in [4.69, 9.17) is 0 Å². The topological polar surface area (TPSA) is 51.0 Å². The number of hydrogen-bond acceptors (Lipinski definition) is 4. The molecule has 0 bridgehead atoms. The third-order valence-corrected chi connectivity index (χ3v) is 5.72. The van der Waals surface area contributed by atoms with E-state index in [1.54, 1.807) is 0 Å². The predicted molar refractivity (Wildman–Crippen MR) is 101 cm³/mol. The van der Waals surface area contributed by atoms with Gasteiger partial charge >= 0.3 is 0 Å². The summed E-state index contributed by atoms with van der Waals surface area (Å²) in [5, 5.41) is 2.63. The van der Waals surface area contributed by atoms with Crippen LogP contribution in [0.15, 0.2) is 17.8 Å². The average molecular weight is 361 g/mol. The van der Waals surface area contributed by atoms with E-state index in [9.17, 15) is 4.79 Å². The zero-order chi connectivity index (χ0) is 17.8. The fraction of sp³-hybridized carbons (Fsp3) is 0.632. The largest absolute Gasteiger partial charge is 0.336 e. The van der Waals surface area contributed by atoms with Crippen molar-refractivity contribution in [3.8, 4) is 0 Å². The lowest BCUT2D eigenvalue weighted by atomic mass is 9.97. The lowest BCUT2D eigenvalue weighted by molar-refractivity contribution is 0.0702. The molecule has 3 rings (SSSR count). The van der Waals surface area contributed by atoms with Crippen LogP contribution in [0.25, 0.3) is 0 Å².